The Labute approximate surface area is 114 Å². The van der Waals surface area contributed by atoms with Crippen molar-refractivity contribution in [3.8, 4) is 0 Å². The molecule has 1 unspecified atom stereocenters. The van der Waals surface area contributed by atoms with Crippen molar-refractivity contribution in [3.63, 3.8) is 0 Å². The average Bonchev–Trinajstić information content (AvgIpc) is 2.42. The Bertz CT molecular complexity index is 505. The van der Waals surface area contributed by atoms with Gasteiger partial charge in [-0.05, 0) is 42.3 Å². The summed E-state index contributed by atoms with van der Waals surface area (Å²) in [5.41, 5.74) is 3.89. The van der Waals surface area contributed by atoms with Gasteiger partial charge in [-0.1, -0.05) is 54.9 Å². The van der Waals surface area contributed by atoms with Gasteiger partial charge in [0.1, 0.15) is 0 Å². The first-order chi connectivity index (χ1) is 8.74. The Morgan fingerprint density at radius 1 is 1.06 bits per heavy atom. The minimum absolute atomic E-state index is 0.216. The molecule has 0 aliphatic rings. The van der Waals surface area contributed by atoms with E-state index in [0.29, 0.717) is 0 Å². The Morgan fingerprint density at radius 2 is 1.78 bits per heavy atom. The maximum absolute atomic E-state index is 5.93. The van der Waals surface area contributed by atoms with Crippen LogP contribution in [0.4, 0.5) is 0 Å². The highest BCUT2D eigenvalue weighted by Crippen LogP contribution is 2.24. The van der Waals surface area contributed by atoms with Crippen LogP contribution in [-0.4, -0.2) is 7.05 Å². The zero-order valence-corrected chi connectivity index (χ0v) is 11.5. The second-order valence-electron chi connectivity index (χ2n) is 4.37. The van der Waals surface area contributed by atoms with Crippen LogP contribution in [0.3, 0.4) is 0 Å². The molecule has 0 aromatic heterocycles. The predicted molar refractivity (Wildman–Crippen MR) is 78.2 cm³/mol. The number of hydrogen-bond acceptors (Lipinski definition) is 1. The summed E-state index contributed by atoms with van der Waals surface area (Å²) in [6.07, 6.45) is 1.06. The molecule has 0 saturated carbocycles. The molecule has 0 aliphatic heterocycles. The van der Waals surface area contributed by atoms with Crippen LogP contribution in [0.15, 0.2) is 48.5 Å². The third-order valence-electron chi connectivity index (χ3n) is 3.18. The lowest BCUT2D eigenvalue weighted by molar-refractivity contribution is 0.691. The van der Waals surface area contributed by atoms with Crippen LogP contribution in [-0.2, 0) is 6.42 Å². The molecule has 0 amide bonds. The Hall–Kier alpha value is -1.31. The highest BCUT2D eigenvalue weighted by molar-refractivity contribution is 6.30. The van der Waals surface area contributed by atoms with Crippen LogP contribution in [0.25, 0.3) is 0 Å². The zero-order chi connectivity index (χ0) is 13.0. The predicted octanol–water partition coefficient (Wildman–Crippen LogP) is 4.21. The number of halogens is 1. The van der Waals surface area contributed by atoms with Crippen LogP contribution in [0.2, 0.25) is 5.02 Å². The Balaban J connectivity index is 2.35. The molecule has 1 atom stereocenters. The lowest BCUT2D eigenvalue weighted by atomic mass is 9.97. The molecule has 2 heteroatoms. The normalized spacial score (nSPS) is 12.4. The largest absolute Gasteiger partial charge is 0.309 e. The molecule has 18 heavy (non-hydrogen) atoms. The van der Waals surface area contributed by atoms with Crippen molar-refractivity contribution >= 4 is 11.6 Å². The van der Waals surface area contributed by atoms with Gasteiger partial charge >= 0.3 is 0 Å². The zero-order valence-electron chi connectivity index (χ0n) is 10.8. The maximum Gasteiger partial charge on any atom is 0.0574 e. The Kier molecular flexibility index (Phi) is 4.40. The van der Waals surface area contributed by atoms with E-state index in [1.807, 2.05) is 19.2 Å². The summed E-state index contributed by atoms with van der Waals surface area (Å²) in [6, 6.07) is 16.9. The fraction of sp³-hybridized carbons (Fsp3) is 0.250. The van der Waals surface area contributed by atoms with Crippen molar-refractivity contribution in [2.75, 3.05) is 7.05 Å². The second-order valence-corrected chi connectivity index (χ2v) is 4.81. The van der Waals surface area contributed by atoms with E-state index in [-0.39, 0.29) is 6.04 Å². The lowest BCUT2D eigenvalue weighted by Crippen LogP contribution is -2.17. The molecule has 1 N–H and O–H groups in total. The van der Waals surface area contributed by atoms with Gasteiger partial charge in [0.05, 0.1) is 6.04 Å². The first-order valence-corrected chi connectivity index (χ1v) is 6.64. The van der Waals surface area contributed by atoms with Crippen molar-refractivity contribution in [2.24, 2.45) is 0 Å². The monoisotopic (exact) mass is 259 g/mol. The van der Waals surface area contributed by atoms with Crippen LogP contribution < -0.4 is 5.32 Å². The van der Waals surface area contributed by atoms with Crippen molar-refractivity contribution in [1.82, 2.24) is 5.32 Å². The minimum atomic E-state index is 0.216. The van der Waals surface area contributed by atoms with E-state index in [2.05, 4.69) is 48.6 Å². The van der Waals surface area contributed by atoms with E-state index >= 15 is 0 Å². The van der Waals surface area contributed by atoms with Gasteiger partial charge in [0.25, 0.3) is 0 Å². The molecule has 0 radical (unpaired) electrons. The van der Waals surface area contributed by atoms with Gasteiger partial charge in [-0.25, -0.2) is 0 Å². The molecule has 94 valence electrons. The fourth-order valence-electron chi connectivity index (χ4n) is 2.17. The first kappa shape index (κ1) is 13.1. The van der Waals surface area contributed by atoms with Gasteiger partial charge in [-0.15, -0.1) is 0 Å². The molecule has 0 fully saturated rings. The topological polar surface area (TPSA) is 12.0 Å². The van der Waals surface area contributed by atoms with E-state index in [9.17, 15) is 0 Å². The molecule has 2 rings (SSSR count). The molecule has 0 saturated heterocycles. The van der Waals surface area contributed by atoms with E-state index < -0.39 is 0 Å². The van der Waals surface area contributed by atoms with Crippen molar-refractivity contribution < 1.29 is 0 Å². The molecule has 0 spiro atoms. The first-order valence-electron chi connectivity index (χ1n) is 6.26. The van der Waals surface area contributed by atoms with Crippen LogP contribution in [0, 0.1) is 0 Å². The molecular weight excluding hydrogens is 242 g/mol. The summed E-state index contributed by atoms with van der Waals surface area (Å²) >= 11 is 5.93. The SMILES string of the molecule is CCc1cccc(C(NC)c2ccc(Cl)cc2)c1. The summed E-state index contributed by atoms with van der Waals surface area (Å²) in [5.74, 6) is 0. The molecule has 2 aromatic rings. The van der Waals surface area contributed by atoms with Gasteiger partial charge < -0.3 is 5.32 Å². The van der Waals surface area contributed by atoms with E-state index in [1.54, 1.807) is 0 Å². The molecular formula is C16H18ClN. The highest BCUT2D eigenvalue weighted by Gasteiger charge is 2.11. The molecule has 1 nitrogen and oxygen atoms in total. The molecule has 0 aliphatic carbocycles. The summed E-state index contributed by atoms with van der Waals surface area (Å²) in [7, 11) is 1.98. The number of nitrogens with one attached hydrogen (secondary N) is 1. The quantitative estimate of drug-likeness (QED) is 0.867. The van der Waals surface area contributed by atoms with E-state index in [4.69, 9.17) is 11.6 Å². The Morgan fingerprint density at radius 3 is 2.39 bits per heavy atom. The summed E-state index contributed by atoms with van der Waals surface area (Å²) in [4.78, 5) is 0. The van der Waals surface area contributed by atoms with Gasteiger partial charge in [0.15, 0.2) is 0 Å². The van der Waals surface area contributed by atoms with Gasteiger partial charge in [-0.3, -0.25) is 0 Å². The third-order valence-corrected chi connectivity index (χ3v) is 3.44. The summed E-state index contributed by atoms with van der Waals surface area (Å²) < 4.78 is 0. The fourth-order valence-corrected chi connectivity index (χ4v) is 2.30. The lowest BCUT2D eigenvalue weighted by Gasteiger charge is -2.18. The van der Waals surface area contributed by atoms with Gasteiger partial charge in [0.2, 0.25) is 0 Å². The van der Waals surface area contributed by atoms with E-state index in [0.717, 1.165) is 11.4 Å². The van der Waals surface area contributed by atoms with Crippen molar-refractivity contribution in [1.29, 1.82) is 0 Å². The average molecular weight is 260 g/mol. The standard InChI is InChI=1S/C16H18ClN/c1-3-12-5-4-6-14(11-12)16(18-2)13-7-9-15(17)10-8-13/h4-11,16,18H,3H2,1-2H3. The van der Waals surface area contributed by atoms with Crippen LogP contribution >= 0.6 is 11.6 Å². The number of benzene rings is 2. The minimum Gasteiger partial charge on any atom is -0.309 e. The smallest absolute Gasteiger partial charge is 0.0574 e. The summed E-state index contributed by atoms with van der Waals surface area (Å²) in [6.45, 7) is 2.18. The number of rotatable bonds is 4. The second kappa shape index (κ2) is 6.03. The third kappa shape index (κ3) is 2.92. The molecule has 0 bridgehead atoms. The molecule has 0 heterocycles. The van der Waals surface area contributed by atoms with Crippen LogP contribution in [0.5, 0.6) is 0 Å². The van der Waals surface area contributed by atoms with E-state index in [1.165, 1.54) is 16.7 Å². The van der Waals surface area contributed by atoms with Gasteiger partial charge in [-0.2, -0.15) is 0 Å². The van der Waals surface area contributed by atoms with Crippen molar-refractivity contribution in [2.45, 2.75) is 19.4 Å². The highest BCUT2D eigenvalue weighted by atomic mass is 35.5. The summed E-state index contributed by atoms with van der Waals surface area (Å²) in [5, 5.41) is 4.14. The number of aryl methyl sites for hydroxylation is 1. The van der Waals surface area contributed by atoms with Gasteiger partial charge in [0, 0.05) is 5.02 Å². The van der Waals surface area contributed by atoms with Crippen molar-refractivity contribution in [3.05, 3.63) is 70.2 Å². The molecule has 2 aromatic carbocycles. The van der Waals surface area contributed by atoms with Crippen LogP contribution in [0.1, 0.15) is 29.7 Å². The number of hydrogen-bond donors (Lipinski definition) is 1. The maximum atomic E-state index is 5.93.